The van der Waals surface area contributed by atoms with Crippen molar-refractivity contribution in [2.75, 3.05) is 19.5 Å². The maximum Gasteiger partial charge on any atom is 0.124 e. The number of hydrogen-bond donors (Lipinski definition) is 1. The molecular formula is C20H27NO. The second kappa shape index (κ2) is 7.35. The Bertz CT molecular complexity index is 605. The standard InChI is InChI=1S/C20H27NO/c1-14(2)15(3)18-12-17(11-16-9-7-6-8-10-16)20(22-5)13-19(18)21-4/h6-10,12-15,21H,11H2,1-5H3. The SMILES string of the molecule is CNc1cc(OC)c(Cc2ccccc2)cc1C(C)C(C)C. The molecule has 0 saturated carbocycles. The highest BCUT2D eigenvalue weighted by Gasteiger charge is 2.17. The van der Waals surface area contributed by atoms with Crippen LogP contribution in [-0.4, -0.2) is 14.2 Å². The summed E-state index contributed by atoms with van der Waals surface area (Å²) in [7, 11) is 3.72. The molecular weight excluding hydrogens is 270 g/mol. The Balaban J connectivity index is 2.45. The van der Waals surface area contributed by atoms with Gasteiger partial charge in [0.05, 0.1) is 7.11 Å². The largest absolute Gasteiger partial charge is 0.496 e. The van der Waals surface area contributed by atoms with Gasteiger partial charge < -0.3 is 10.1 Å². The molecule has 2 aromatic rings. The van der Waals surface area contributed by atoms with E-state index in [1.165, 1.54) is 16.7 Å². The Morgan fingerprint density at radius 3 is 2.27 bits per heavy atom. The van der Waals surface area contributed by atoms with Crippen LogP contribution in [0.4, 0.5) is 5.69 Å². The van der Waals surface area contributed by atoms with Gasteiger partial charge in [-0.2, -0.15) is 0 Å². The maximum atomic E-state index is 5.62. The van der Waals surface area contributed by atoms with E-state index in [1.807, 2.05) is 7.05 Å². The van der Waals surface area contributed by atoms with Crippen LogP contribution in [0.3, 0.4) is 0 Å². The van der Waals surface area contributed by atoms with Crippen molar-refractivity contribution in [1.82, 2.24) is 0 Å². The summed E-state index contributed by atoms with van der Waals surface area (Å²) < 4.78 is 5.62. The van der Waals surface area contributed by atoms with E-state index in [2.05, 4.69) is 68.6 Å². The van der Waals surface area contributed by atoms with Crippen LogP contribution in [-0.2, 0) is 6.42 Å². The lowest BCUT2D eigenvalue weighted by atomic mass is 9.87. The Labute approximate surface area is 134 Å². The highest BCUT2D eigenvalue weighted by molar-refractivity contribution is 5.60. The van der Waals surface area contributed by atoms with E-state index < -0.39 is 0 Å². The summed E-state index contributed by atoms with van der Waals surface area (Å²) in [4.78, 5) is 0. The first-order valence-corrected chi connectivity index (χ1v) is 7.99. The summed E-state index contributed by atoms with van der Waals surface area (Å²) in [6.07, 6.45) is 0.895. The molecule has 0 spiro atoms. The van der Waals surface area contributed by atoms with Gasteiger partial charge in [-0.25, -0.2) is 0 Å². The number of methoxy groups -OCH3 is 1. The van der Waals surface area contributed by atoms with E-state index in [4.69, 9.17) is 4.74 Å². The van der Waals surface area contributed by atoms with Gasteiger partial charge in [-0.15, -0.1) is 0 Å². The smallest absolute Gasteiger partial charge is 0.124 e. The van der Waals surface area contributed by atoms with Crippen molar-refractivity contribution in [3.8, 4) is 5.75 Å². The fraction of sp³-hybridized carbons (Fsp3) is 0.400. The molecule has 0 aliphatic carbocycles. The number of benzene rings is 2. The Morgan fingerprint density at radius 1 is 1.05 bits per heavy atom. The van der Waals surface area contributed by atoms with E-state index >= 15 is 0 Å². The lowest BCUT2D eigenvalue weighted by Crippen LogP contribution is -2.08. The molecule has 1 N–H and O–H groups in total. The third kappa shape index (κ3) is 3.62. The van der Waals surface area contributed by atoms with E-state index in [1.54, 1.807) is 7.11 Å². The van der Waals surface area contributed by atoms with Crippen LogP contribution >= 0.6 is 0 Å². The molecule has 0 aromatic heterocycles. The molecule has 0 amide bonds. The van der Waals surface area contributed by atoms with Crippen LogP contribution in [0.5, 0.6) is 5.75 Å². The van der Waals surface area contributed by atoms with Crippen molar-refractivity contribution >= 4 is 5.69 Å². The van der Waals surface area contributed by atoms with Gasteiger partial charge in [-0.1, -0.05) is 51.1 Å². The Morgan fingerprint density at radius 2 is 1.73 bits per heavy atom. The lowest BCUT2D eigenvalue weighted by molar-refractivity contribution is 0.410. The van der Waals surface area contributed by atoms with Crippen LogP contribution in [0, 0.1) is 5.92 Å². The van der Waals surface area contributed by atoms with Crippen LogP contribution < -0.4 is 10.1 Å². The van der Waals surface area contributed by atoms with Gasteiger partial charge in [0.2, 0.25) is 0 Å². The summed E-state index contributed by atoms with van der Waals surface area (Å²) in [5, 5.41) is 3.32. The minimum absolute atomic E-state index is 0.503. The van der Waals surface area contributed by atoms with E-state index in [0.717, 1.165) is 17.9 Å². The van der Waals surface area contributed by atoms with Crippen LogP contribution in [0.1, 0.15) is 43.4 Å². The van der Waals surface area contributed by atoms with Gasteiger partial charge in [0.1, 0.15) is 5.75 Å². The molecule has 1 atom stereocenters. The molecule has 2 heteroatoms. The molecule has 0 fully saturated rings. The van der Waals surface area contributed by atoms with Crippen molar-refractivity contribution < 1.29 is 4.74 Å². The van der Waals surface area contributed by atoms with E-state index in [0.29, 0.717) is 11.8 Å². The summed E-state index contributed by atoms with van der Waals surface area (Å²) in [5.41, 5.74) is 5.08. The van der Waals surface area contributed by atoms with Crippen molar-refractivity contribution in [2.45, 2.75) is 33.1 Å². The molecule has 2 rings (SSSR count). The van der Waals surface area contributed by atoms with Crippen LogP contribution in [0.25, 0.3) is 0 Å². The van der Waals surface area contributed by atoms with Crippen LogP contribution in [0.15, 0.2) is 42.5 Å². The first kappa shape index (κ1) is 16.4. The zero-order valence-corrected chi connectivity index (χ0v) is 14.3. The summed E-state index contributed by atoms with van der Waals surface area (Å²) in [6.45, 7) is 6.83. The number of nitrogens with one attached hydrogen (secondary N) is 1. The molecule has 0 saturated heterocycles. The van der Waals surface area contributed by atoms with E-state index in [-0.39, 0.29) is 0 Å². The third-order valence-corrected chi connectivity index (χ3v) is 4.45. The van der Waals surface area contributed by atoms with Crippen LogP contribution in [0.2, 0.25) is 0 Å². The molecule has 0 bridgehead atoms. The van der Waals surface area contributed by atoms with Crippen molar-refractivity contribution in [3.63, 3.8) is 0 Å². The Hall–Kier alpha value is -1.96. The molecule has 2 aromatic carbocycles. The minimum Gasteiger partial charge on any atom is -0.496 e. The molecule has 0 aliphatic heterocycles. The first-order valence-electron chi connectivity index (χ1n) is 7.99. The molecule has 0 aliphatic rings. The zero-order valence-electron chi connectivity index (χ0n) is 14.3. The average Bonchev–Trinajstić information content (AvgIpc) is 2.54. The first-order chi connectivity index (χ1) is 10.6. The second-order valence-electron chi connectivity index (χ2n) is 6.20. The van der Waals surface area contributed by atoms with Gasteiger partial charge in [0.15, 0.2) is 0 Å². The normalized spacial score (nSPS) is 12.3. The lowest BCUT2D eigenvalue weighted by Gasteiger charge is -2.22. The number of rotatable bonds is 6. The van der Waals surface area contributed by atoms with Crippen molar-refractivity contribution in [2.24, 2.45) is 5.92 Å². The highest BCUT2D eigenvalue weighted by Crippen LogP contribution is 2.36. The number of hydrogen-bond acceptors (Lipinski definition) is 2. The van der Waals surface area contributed by atoms with Gasteiger partial charge in [-0.3, -0.25) is 0 Å². The topological polar surface area (TPSA) is 21.3 Å². The number of ether oxygens (including phenoxy) is 1. The maximum absolute atomic E-state index is 5.62. The molecule has 22 heavy (non-hydrogen) atoms. The molecule has 2 nitrogen and oxygen atoms in total. The number of anilines is 1. The predicted molar refractivity (Wildman–Crippen MR) is 95.0 cm³/mol. The Kier molecular flexibility index (Phi) is 5.48. The van der Waals surface area contributed by atoms with Crippen molar-refractivity contribution in [3.05, 3.63) is 59.2 Å². The van der Waals surface area contributed by atoms with E-state index in [9.17, 15) is 0 Å². The summed E-state index contributed by atoms with van der Waals surface area (Å²) in [5.74, 6) is 2.06. The van der Waals surface area contributed by atoms with Gasteiger partial charge in [0, 0.05) is 25.2 Å². The highest BCUT2D eigenvalue weighted by atomic mass is 16.5. The molecule has 118 valence electrons. The molecule has 1 unspecified atom stereocenters. The average molecular weight is 297 g/mol. The van der Waals surface area contributed by atoms with Gasteiger partial charge in [0.25, 0.3) is 0 Å². The predicted octanol–water partition coefficient (Wildman–Crippen LogP) is 5.09. The van der Waals surface area contributed by atoms with Gasteiger partial charge >= 0.3 is 0 Å². The van der Waals surface area contributed by atoms with Gasteiger partial charge in [-0.05, 0) is 34.6 Å². The quantitative estimate of drug-likeness (QED) is 0.802. The second-order valence-corrected chi connectivity index (χ2v) is 6.20. The zero-order chi connectivity index (χ0) is 16.1. The summed E-state index contributed by atoms with van der Waals surface area (Å²) >= 11 is 0. The monoisotopic (exact) mass is 297 g/mol. The van der Waals surface area contributed by atoms with Crippen molar-refractivity contribution in [1.29, 1.82) is 0 Å². The minimum atomic E-state index is 0.503. The fourth-order valence-corrected chi connectivity index (χ4v) is 2.74. The fourth-order valence-electron chi connectivity index (χ4n) is 2.74. The summed E-state index contributed by atoms with van der Waals surface area (Å²) in [6, 6.07) is 15.0. The molecule has 0 radical (unpaired) electrons. The molecule has 0 heterocycles. The third-order valence-electron chi connectivity index (χ3n) is 4.45.